The highest BCUT2D eigenvalue weighted by atomic mass is 35.5. The Morgan fingerprint density at radius 1 is 1.29 bits per heavy atom. The van der Waals surface area contributed by atoms with Gasteiger partial charge < -0.3 is 5.73 Å². The summed E-state index contributed by atoms with van der Waals surface area (Å²) in [6.45, 7) is 4.09. The van der Waals surface area contributed by atoms with Gasteiger partial charge in [-0.15, -0.1) is 0 Å². The lowest BCUT2D eigenvalue weighted by atomic mass is 10.0. The Morgan fingerprint density at radius 2 is 2.04 bits per heavy atom. The second kappa shape index (κ2) is 7.36. The summed E-state index contributed by atoms with van der Waals surface area (Å²) < 4.78 is 1.82. The first-order chi connectivity index (χ1) is 11.6. The molecule has 0 radical (unpaired) electrons. The molecule has 0 saturated carbocycles. The average Bonchev–Trinajstić information content (AvgIpc) is 2.84. The van der Waals surface area contributed by atoms with Crippen molar-refractivity contribution < 1.29 is 4.79 Å². The van der Waals surface area contributed by atoms with Crippen molar-refractivity contribution >= 4 is 17.5 Å². The highest BCUT2D eigenvalue weighted by molar-refractivity contribution is 6.30. The standard InChI is InChI=1S/C18H23ClN4O/c1-13-15(12-22-10-6-5-9-16(22)18(20)24)17(19)23(21-13)11-14-7-3-2-4-8-14/h2-4,7-8,16H,5-6,9-12H2,1H3,(H2,20,24). The van der Waals surface area contributed by atoms with Crippen LogP contribution < -0.4 is 5.73 Å². The fraction of sp³-hybridized carbons (Fsp3) is 0.444. The van der Waals surface area contributed by atoms with Crippen molar-refractivity contribution in [1.29, 1.82) is 0 Å². The first-order valence-corrected chi connectivity index (χ1v) is 8.73. The van der Waals surface area contributed by atoms with Gasteiger partial charge in [-0.2, -0.15) is 5.10 Å². The van der Waals surface area contributed by atoms with Crippen LogP contribution in [-0.4, -0.2) is 33.2 Å². The summed E-state index contributed by atoms with van der Waals surface area (Å²) in [4.78, 5) is 13.8. The zero-order chi connectivity index (χ0) is 17.1. The Bertz CT molecular complexity index is 713. The molecule has 0 bridgehead atoms. The lowest BCUT2D eigenvalue weighted by molar-refractivity contribution is -0.124. The van der Waals surface area contributed by atoms with Gasteiger partial charge in [0.1, 0.15) is 5.15 Å². The number of hydrogen-bond donors (Lipinski definition) is 1. The monoisotopic (exact) mass is 346 g/mol. The molecule has 6 heteroatoms. The minimum Gasteiger partial charge on any atom is -0.368 e. The first kappa shape index (κ1) is 17.0. The summed E-state index contributed by atoms with van der Waals surface area (Å²) in [6.07, 6.45) is 2.95. The van der Waals surface area contributed by atoms with Crippen molar-refractivity contribution in [2.75, 3.05) is 6.54 Å². The third-order valence-corrected chi connectivity index (χ3v) is 5.08. The number of halogens is 1. The van der Waals surface area contributed by atoms with Crippen molar-refractivity contribution in [3.63, 3.8) is 0 Å². The zero-order valence-electron chi connectivity index (χ0n) is 13.9. The number of hydrogen-bond acceptors (Lipinski definition) is 3. The number of piperidine rings is 1. The molecule has 5 nitrogen and oxygen atoms in total. The molecule has 1 atom stereocenters. The van der Waals surface area contributed by atoms with Crippen molar-refractivity contribution in [2.24, 2.45) is 5.73 Å². The number of carbonyl (C=O) groups is 1. The fourth-order valence-electron chi connectivity index (χ4n) is 3.34. The van der Waals surface area contributed by atoms with Crippen molar-refractivity contribution in [3.8, 4) is 0 Å². The van der Waals surface area contributed by atoms with Gasteiger partial charge in [0.25, 0.3) is 0 Å². The summed E-state index contributed by atoms with van der Waals surface area (Å²) >= 11 is 6.58. The van der Waals surface area contributed by atoms with Gasteiger partial charge in [-0.25, -0.2) is 4.68 Å². The first-order valence-electron chi connectivity index (χ1n) is 8.35. The fourth-order valence-corrected chi connectivity index (χ4v) is 3.63. The van der Waals surface area contributed by atoms with Crippen LogP contribution in [0, 0.1) is 6.92 Å². The Morgan fingerprint density at radius 3 is 2.75 bits per heavy atom. The molecule has 1 aromatic heterocycles. The van der Waals surface area contributed by atoms with Crippen LogP contribution in [0.2, 0.25) is 5.15 Å². The van der Waals surface area contributed by atoms with E-state index in [4.69, 9.17) is 17.3 Å². The van der Waals surface area contributed by atoms with Gasteiger partial charge in [-0.3, -0.25) is 9.69 Å². The number of amides is 1. The normalized spacial score (nSPS) is 18.7. The molecular formula is C18H23ClN4O. The van der Waals surface area contributed by atoms with Gasteiger partial charge in [0.05, 0.1) is 18.3 Å². The number of aromatic nitrogens is 2. The number of aryl methyl sites for hydroxylation is 1. The summed E-state index contributed by atoms with van der Waals surface area (Å²) in [5.74, 6) is -0.250. The Hall–Kier alpha value is -1.85. The lowest BCUT2D eigenvalue weighted by Crippen LogP contribution is -2.47. The highest BCUT2D eigenvalue weighted by Gasteiger charge is 2.28. The maximum atomic E-state index is 11.7. The summed E-state index contributed by atoms with van der Waals surface area (Å²) in [7, 11) is 0. The number of rotatable bonds is 5. The SMILES string of the molecule is Cc1nn(Cc2ccccc2)c(Cl)c1CN1CCCCC1C(N)=O. The molecule has 3 rings (SSSR count). The Kier molecular flexibility index (Phi) is 5.21. The van der Waals surface area contributed by atoms with Crippen molar-refractivity contribution in [2.45, 2.75) is 45.3 Å². The molecule has 1 fully saturated rings. The van der Waals surface area contributed by atoms with E-state index in [1.165, 1.54) is 0 Å². The number of carbonyl (C=O) groups excluding carboxylic acids is 1. The van der Waals surface area contributed by atoms with Crippen LogP contribution >= 0.6 is 11.6 Å². The van der Waals surface area contributed by atoms with Gasteiger partial charge in [0.15, 0.2) is 0 Å². The molecule has 1 amide bonds. The maximum Gasteiger partial charge on any atom is 0.234 e. The molecule has 1 unspecified atom stereocenters. The molecule has 0 spiro atoms. The van der Waals surface area contributed by atoms with Crippen LogP contribution in [0.25, 0.3) is 0 Å². The maximum absolute atomic E-state index is 11.7. The number of nitrogens with two attached hydrogens (primary N) is 1. The lowest BCUT2D eigenvalue weighted by Gasteiger charge is -2.33. The van der Waals surface area contributed by atoms with Gasteiger partial charge in [-0.1, -0.05) is 48.4 Å². The number of benzene rings is 1. The predicted molar refractivity (Wildman–Crippen MR) is 94.8 cm³/mol. The zero-order valence-corrected chi connectivity index (χ0v) is 14.7. The van der Waals surface area contributed by atoms with E-state index in [1.54, 1.807) is 0 Å². The number of likely N-dealkylation sites (tertiary alicyclic amines) is 1. The number of primary amides is 1. The van der Waals surface area contributed by atoms with E-state index < -0.39 is 0 Å². The Labute approximate surface area is 147 Å². The topological polar surface area (TPSA) is 64.2 Å². The molecule has 2 heterocycles. The van der Waals surface area contributed by atoms with Gasteiger partial charge in [0.2, 0.25) is 5.91 Å². The third kappa shape index (κ3) is 3.62. The van der Waals surface area contributed by atoms with Crippen LogP contribution in [0.15, 0.2) is 30.3 Å². The smallest absolute Gasteiger partial charge is 0.234 e. The third-order valence-electron chi connectivity index (χ3n) is 4.66. The minimum atomic E-state index is -0.250. The van der Waals surface area contributed by atoms with Crippen LogP contribution in [0.1, 0.15) is 36.1 Å². The van der Waals surface area contributed by atoms with Crippen LogP contribution in [0.4, 0.5) is 0 Å². The van der Waals surface area contributed by atoms with E-state index in [1.807, 2.05) is 29.8 Å². The van der Waals surface area contributed by atoms with Crippen LogP contribution in [0.5, 0.6) is 0 Å². The Balaban J connectivity index is 1.80. The van der Waals surface area contributed by atoms with E-state index in [2.05, 4.69) is 22.1 Å². The van der Waals surface area contributed by atoms with Crippen molar-refractivity contribution in [3.05, 3.63) is 52.3 Å². The van der Waals surface area contributed by atoms with Crippen molar-refractivity contribution in [1.82, 2.24) is 14.7 Å². The van der Waals surface area contributed by atoms with E-state index in [9.17, 15) is 4.79 Å². The average molecular weight is 347 g/mol. The predicted octanol–water partition coefficient (Wildman–Crippen LogP) is 2.73. The molecule has 2 N–H and O–H groups in total. The molecule has 128 valence electrons. The number of nitrogens with zero attached hydrogens (tertiary/aromatic N) is 3. The van der Waals surface area contributed by atoms with E-state index in [-0.39, 0.29) is 11.9 Å². The van der Waals surface area contributed by atoms with Crippen LogP contribution in [0.3, 0.4) is 0 Å². The quantitative estimate of drug-likeness (QED) is 0.905. The molecule has 1 aliphatic rings. The molecule has 1 saturated heterocycles. The molecule has 24 heavy (non-hydrogen) atoms. The molecule has 0 aliphatic carbocycles. The van der Waals surface area contributed by atoms with Crippen LogP contribution in [-0.2, 0) is 17.9 Å². The van der Waals surface area contributed by atoms with Gasteiger partial charge >= 0.3 is 0 Å². The summed E-state index contributed by atoms with van der Waals surface area (Å²) in [6, 6.07) is 9.91. The second-order valence-electron chi connectivity index (χ2n) is 6.38. The van der Waals surface area contributed by atoms with E-state index >= 15 is 0 Å². The minimum absolute atomic E-state index is 0.202. The molecule has 1 aliphatic heterocycles. The summed E-state index contributed by atoms with van der Waals surface area (Å²) in [5.41, 5.74) is 8.61. The van der Waals surface area contributed by atoms with Gasteiger partial charge in [-0.05, 0) is 31.9 Å². The molecule has 2 aromatic rings. The van der Waals surface area contributed by atoms with E-state index in [0.29, 0.717) is 18.2 Å². The second-order valence-corrected chi connectivity index (χ2v) is 6.74. The van der Waals surface area contributed by atoms with Gasteiger partial charge in [0, 0.05) is 12.1 Å². The largest absolute Gasteiger partial charge is 0.368 e. The molecule has 1 aromatic carbocycles. The molecular weight excluding hydrogens is 324 g/mol. The van der Waals surface area contributed by atoms with E-state index in [0.717, 1.165) is 42.6 Å². The highest BCUT2D eigenvalue weighted by Crippen LogP contribution is 2.26. The summed E-state index contributed by atoms with van der Waals surface area (Å²) in [5, 5.41) is 5.23.